The quantitative estimate of drug-likeness (QED) is 0.0899. The lowest BCUT2D eigenvalue weighted by Gasteiger charge is -2.15. The standard InChI is InChI=1S/C48H30N6/c1-2-3-13-33(31-49)21-27-46-51-47(37-18-11-6-12-19-37)53-48(52-46)42-28-34(32-50)20-24-45(42)54-43-25-22-38(35-14-7-4-8-15-35)29-40(43)41-30-39(23-26-44(41)54)36-16-9-5-10-17-36/h1,3-26,28-30H,27H2/b13-3-,33-21+. The van der Waals surface area contributed by atoms with E-state index >= 15 is 0 Å². The van der Waals surface area contributed by atoms with E-state index in [2.05, 4.69) is 108 Å². The molecule has 0 aliphatic rings. The molecule has 0 aliphatic heterocycles. The molecule has 0 unspecified atom stereocenters. The van der Waals surface area contributed by atoms with E-state index in [1.807, 2.05) is 60.7 Å². The molecule has 8 aromatic rings. The van der Waals surface area contributed by atoms with Gasteiger partial charge in [0.05, 0.1) is 34.4 Å². The number of hydrogen-bond acceptors (Lipinski definition) is 5. The van der Waals surface area contributed by atoms with Crippen molar-refractivity contribution >= 4 is 21.8 Å². The van der Waals surface area contributed by atoms with Gasteiger partial charge in [0.1, 0.15) is 5.82 Å². The lowest BCUT2D eigenvalue weighted by molar-refractivity contribution is 0.944. The number of aromatic nitrogens is 4. The van der Waals surface area contributed by atoms with Crippen molar-refractivity contribution < 1.29 is 0 Å². The molecule has 2 heterocycles. The van der Waals surface area contributed by atoms with Gasteiger partial charge < -0.3 is 4.57 Å². The summed E-state index contributed by atoms with van der Waals surface area (Å²) in [5, 5.41) is 22.0. The zero-order valence-corrected chi connectivity index (χ0v) is 29.1. The van der Waals surface area contributed by atoms with Crippen LogP contribution in [-0.2, 0) is 6.42 Å². The summed E-state index contributed by atoms with van der Waals surface area (Å²) in [6, 6.07) is 53.7. The fraction of sp³-hybridized carbons (Fsp3) is 0.0208. The van der Waals surface area contributed by atoms with Gasteiger partial charge in [-0.05, 0) is 76.9 Å². The van der Waals surface area contributed by atoms with Crippen LogP contribution in [0, 0.1) is 35.0 Å². The summed E-state index contributed by atoms with van der Waals surface area (Å²) in [5.41, 5.74) is 9.67. The predicted molar refractivity (Wildman–Crippen MR) is 216 cm³/mol. The maximum atomic E-state index is 10.1. The van der Waals surface area contributed by atoms with E-state index in [4.69, 9.17) is 21.4 Å². The number of benzene rings is 6. The van der Waals surface area contributed by atoms with Gasteiger partial charge in [-0.25, -0.2) is 15.0 Å². The van der Waals surface area contributed by atoms with Crippen LogP contribution in [-0.4, -0.2) is 19.5 Å². The highest BCUT2D eigenvalue weighted by Crippen LogP contribution is 2.39. The first-order valence-electron chi connectivity index (χ1n) is 17.4. The molecule has 0 atom stereocenters. The lowest BCUT2D eigenvalue weighted by Crippen LogP contribution is -2.05. The van der Waals surface area contributed by atoms with Gasteiger partial charge >= 0.3 is 0 Å². The van der Waals surface area contributed by atoms with Crippen molar-refractivity contribution in [1.82, 2.24) is 19.5 Å². The van der Waals surface area contributed by atoms with Gasteiger partial charge in [0.15, 0.2) is 11.6 Å². The van der Waals surface area contributed by atoms with Crippen molar-refractivity contribution in [2.45, 2.75) is 6.42 Å². The summed E-state index contributed by atoms with van der Waals surface area (Å²) in [6.07, 6.45) is 10.5. The first kappa shape index (κ1) is 33.3. The Morgan fingerprint density at radius 3 is 1.74 bits per heavy atom. The molecule has 0 fully saturated rings. The molecular weight excluding hydrogens is 661 g/mol. The second-order valence-corrected chi connectivity index (χ2v) is 12.6. The first-order valence-corrected chi connectivity index (χ1v) is 17.4. The van der Waals surface area contributed by atoms with Crippen molar-refractivity contribution in [3.63, 3.8) is 0 Å². The second-order valence-electron chi connectivity index (χ2n) is 12.6. The van der Waals surface area contributed by atoms with E-state index in [1.165, 1.54) is 6.08 Å². The zero-order valence-electron chi connectivity index (χ0n) is 29.1. The van der Waals surface area contributed by atoms with Crippen molar-refractivity contribution in [2.75, 3.05) is 0 Å². The molecule has 6 nitrogen and oxygen atoms in total. The fourth-order valence-corrected chi connectivity index (χ4v) is 6.72. The van der Waals surface area contributed by atoms with Crippen LogP contribution in [0.3, 0.4) is 0 Å². The average Bonchev–Trinajstić information content (AvgIpc) is 3.57. The maximum absolute atomic E-state index is 10.1. The Hall–Kier alpha value is -7.85. The van der Waals surface area contributed by atoms with Gasteiger partial charge in [-0.2, -0.15) is 10.5 Å². The highest BCUT2D eigenvalue weighted by atomic mass is 15.0. The third-order valence-corrected chi connectivity index (χ3v) is 9.29. The molecular formula is C48H30N6. The minimum absolute atomic E-state index is 0.264. The van der Waals surface area contributed by atoms with E-state index in [0.717, 1.165) is 55.3 Å². The van der Waals surface area contributed by atoms with E-state index in [-0.39, 0.29) is 6.42 Å². The van der Waals surface area contributed by atoms with Gasteiger partial charge in [-0.3, -0.25) is 0 Å². The van der Waals surface area contributed by atoms with Crippen LogP contribution < -0.4 is 0 Å². The van der Waals surface area contributed by atoms with Gasteiger partial charge in [0.25, 0.3) is 0 Å². The number of nitrogens with zero attached hydrogens (tertiary/aromatic N) is 6. The normalized spacial score (nSPS) is 11.4. The molecule has 2 aromatic heterocycles. The minimum Gasteiger partial charge on any atom is -0.308 e. The topological polar surface area (TPSA) is 91.2 Å². The van der Waals surface area contributed by atoms with Crippen LogP contribution in [0.4, 0.5) is 0 Å². The molecule has 0 bridgehead atoms. The Morgan fingerprint density at radius 2 is 1.19 bits per heavy atom. The Kier molecular flexibility index (Phi) is 9.12. The Balaban J connectivity index is 1.38. The van der Waals surface area contributed by atoms with E-state index in [9.17, 15) is 10.5 Å². The van der Waals surface area contributed by atoms with E-state index in [0.29, 0.717) is 34.2 Å². The summed E-state index contributed by atoms with van der Waals surface area (Å²) in [5.74, 6) is 3.79. The summed E-state index contributed by atoms with van der Waals surface area (Å²) in [6.45, 7) is 0. The molecule has 8 rings (SSSR count). The van der Waals surface area contributed by atoms with Crippen LogP contribution in [0.25, 0.3) is 72.5 Å². The molecule has 0 radical (unpaired) electrons. The number of nitriles is 2. The molecule has 0 saturated carbocycles. The third kappa shape index (κ3) is 6.54. The van der Waals surface area contributed by atoms with Crippen LogP contribution in [0.2, 0.25) is 0 Å². The maximum Gasteiger partial charge on any atom is 0.165 e. The lowest BCUT2D eigenvalue weighted by atomic mass is 10.0. The summed E-state index contributed by atoms with van der Waals surface area (Å²) < 4.78 is 2.23. The molecule has 0 N–H and O–H groups in total. The highest BCUT2D eigenvalue weighted by molar-refractivity contribution is 6.12. The van der Waals surface area contributed by atoms with Crippen molar-refractivity contribution in [1.29, 1.82) is 10.5 Å². The Morgan fingerprint density at radius 1 is 0.611 bits per heavy atom. The van der Waals surface area contributed by atoms with Gasteiger partial charge in [-0.1, -0.05) is 115 Å². The largest absolute Gasteiger partial charge is 0.308 e. The summed E-state index contributed by atoms with van der Waals surface area (Å²) in [7, 11) is 0. The van der Waals surface area contributed by atoms with Crippen LogP contribution in [0.15, 0.2) is 169 Å². The number of terminal acetylenes is 1. The summed E-state index contributed by atoms with van der Waals surface area (Å²) in [4.78, 5) is 14.8. The van der Waals surface area contributed by atoms with Gasteiger partial charge in [0.2, 0.25) is 0 Å². The van der Waals surface area contributed by atoms with Crippen LogP contribution >= 0.6 is 0 Å². The average molecular weight is 691 g/mol. The summed E-state index contributed by atoms with van der Waals surface area (Å²) >= 11 is 0. The number of fused-ring (bicyclic) bond motifs is 3. The Bertz CT molecular complexity index is 2770. The number of allylic oxidation sites excluding steroid dienone is 4. The molecule has 6 aromatic carbocycles. The molecule has 0 aliphatic carbocycles. The number of rotatable bonds is 8. The molecule has 0 saturated heterocycles. The smallest absolute Gasteiger partial charge is 0.165 e. The molecule has 0 spiro atoms. The van der Waals surface area contributed by atoms with E-state index < -0.39 is 0 Å². The number of hydrogen-bond donors (Lipinski definition) is 0. The monoisotopic (exact) mass is 690 g/mol. The van der Waals surface area contributed by atoms with Crippen LogP contribution in [0.1, 0.15) is 11.4 Å². The highest BCUT2D eigenvalue weighted by Gasteiger charge is 2.20. The molecule has 0 amide bonds. The SMILES string of the molecule is C#C/C=C\C(C#N)=C/Cc1nc(-c2ccccc2)nc(-c2cc(C#N)ccc2-n2c3ccc(-c4ccccc4)cc3c3cc(-c4ccccc4)ccc32)n1. The second kappa shape index (κ2) is 14.8. The molecule has 252 valence electrons. The van der Waals surface area contributed by atoms with Gasteiger partial charge in [-0.15, -0.1) is 6.42 Å². The van der Waals surface area contributed by atoms with E-state index in [1.54, 1.807) is 12.2 Å². The van der Waals surface area contributed by atoms with Crippen LogP contribution in [0.5, 0.6) is 0 Å². The Labute approximate surface area is 313 Å². The fourth-order valence-electron chi connectivity index (χ4n) is 6.72. The van der Waals surface area contributed by atoms with Crippen molar-refractivity contribution in [2.24, 2.45) is 0 Å². The predicted octanol–water partition coefficient (Wildman–Crippen LogP) is 10.7. The van der Waals surface area contributed by atoms with Crippen molar-refractivity contribution in [3.05, 3.63) is 181 Å². The molecule has 6 heteroatoms. The third-order valence-electron chi connectivity index (χ3n) is 9.29. The van der Waals surface area contributed by atoms with Gasteiger partial charge in [0, 0.05) is 33.9 Å². The minimum atomic E-state index is 0.264. The molecule has 54 heavy (non-hydrogen) atoms. The first-order chi connectivity index (χ1) is 26.6. The van der Waals surface area contributed by atoms with Crippen molar-refractivity contribution in [3.8, 4) is 75.2 Å². The zero-order chi connectivity index (χ0) is 36.9.